The van der Waals surface area contributed by atoms with Gasteiger partial charge in [-0.3, -0.25) is 5.01 Å². The molecule has 1 saturated heterocycles. The van der Waals surface area contributed by atoms with E-state index >= 15 is 0 Å². The fraction of sp³-hybridized carbons (Fsp3) is 0.500. The fourth-order valence-electron chi connectivity index (χ4n) is 2.37. The molecule has 1 fully saturated rings. The van der Waals surface area contributed by atoms with Crippen LogP contribution in [0.1, 0.15) is 19.3 Å². The summed E-state index contributed by atoms with van der Waals surface area (Å²) in [6, 6.07) is 7.62. The summed E-state index contributed by atoms with van der Waals surface area (Å²) in [5.74, 6) is 2.00. The van der Waals surface area contributed by atoms with Crippen molar-refractivity contribution in [3.8, 4) is 11.5 Å². The number of para-hydroxylation sites is 2. The van der Waals surface area contributed by atoms with Crippen molar-refractivity contribution in [1.82, 2.24) is 5.01 Å². The zero-order valence-corrected chi connectivity index (χ0v) is 10.9. The Labute approximate surface area is 113 Å². The third-order valence-electron chi connectivity index (χ3n) is 3.43. The van der Waals surface area contributed by atoms with E-state index in [0.29, 0.717) is 12.4 Å². The topological polar surface area (TPSA) is 60.1 Å². The van der Waals surface area contributed by atoms with Crippen LogP contribution < -0.4 is 15.2 Å². The molecule has 0 amide bonds. The molecule has 0 spiro atoms. The van der Waals surface area contributed by atoms with Gasteiger partial charge in [0.25, 0.3) is 0 Å². The number of amidine groups is 1. The second-order valence-corrected chi connectivity index (χ2v) is 4.90. The van der Waals surface area contributed by atoms with Crippen molar-refractivity contribution < 1.29 is 9.47 Å². The Morgan fingerprint density at radius 1 is 1.16 bits per heavy atom. The van der Waals surface area contributed by atoms with E-state index < -0.39 is 0 Å². The smallest absolute Gasteiger partial charge is 0.191 e. The molecular formula is C14H19N3O2. The van der Waals surface area contributed by atoms with Crippen molar-refractivity contribution in [3.63, 3.8) is 0 Å². The Hall–Kier alpha value is -1.91. The highest BCUT2D eigenvalue weighted by molar-refractivity contribution is 5.85. The number of hydrogen-bond acceptors (Lipinski definition) is 4. The summed E-state index contributed by atoms with van der Waals surface area (Å²) < 4.78 is 11.5. The number of benzene rings is 1. The first kappa shape index (κ1) is 12.1. The molecule has 2 heterocycles. The lowest BCUT2D eigenvalue weighted by Gasteiger charge is -2.28. The minimum absolute atomic E-state index is 0.295. The van der Waals surface area contributed by atoms with E-state index in [-0.39, 0.29) is 6.10 Å². The molecule has 0 bridgehead atoms. The summed E-state index contributed by atoms with van der Waals surface area (Å²) in [5.41, 5.74) is 6.04. The van der Waals surface area contributed by atoms with Gasteiger partial charge in [-0.05, 0) is 31.4 Å². The molecule has 2 aliphatic rings. The SMILES string of the molecule is N/C(=N/N1CCCCC1)[C@@H]1COc2ccccc2O1. The predicted molar refractivity (Wildman–Crippen MR) is 73.4 cm³/mol. The van der Waals surface area contributed by atoms with E-state index in [0.717, 1.165) is 24.6 Å². The highest BCUT2D eigenvalue weighted by Gasteiger charge is 2.24. The van der Waals surface area contributed by atoms with E-state index in [9.17, 15) is 0 Å². The lowest BCUT2D eigenvalue weighted by molar-refractivity contribution is 0.131. The number of nitrogens with zero attached hydrogens (tertiary/aromatic N) is 2. The van der Waals surface area contributed by atoms with Crippen molar-refractivity contribution in [2.24, 2.45) is 10.8 Å². The van der Waals surface area contributed by atoms with Crippen LogP contribution in [-0.2, 0) is 0 Å². The third kappa shape index (κ3) is 2.75. The van der Waals surface area contributed by atoms with Gasteiger partial charge in [-0.25, -0.2) is 0 Å². The van der Waals surface area contributed by atoms with Crippen LogP contribution in [0.2, 0.25) is 0 Å². The molecule has 1 aromatic rings. The molecule has 2 aliphatic heterocycles. The van der Waals surface area contributed by atoms with Crippen molar-refractivity contribution in [3.05, 3.63) is 24.3 Å². The van der Waals surface area contributed by atoms with Crippen molar-refractivity contribution in [1.29, 1.82) is 0 Å². The van der Waals surface area contributed by atoms with Crippen LogP contribution in [0.25, 0.3) is 0 Å². The summed E-state index contributed by atoms with van der Waals surface area (Å²) in [6.45, 7) is 2.37. The number of hydrogen-bond donors (Lipinski definition) is 1. The van der Waals surface area contributed by atoms with Crippen LogP contribution in [0.5, 0.6) is 11.5 Å². The number of fused-ring (bicyclic) bond motifs is 1. The molecule has 1 aromatic carbocycles. The minimum Gasteiger partial charge on any atom is -0.485 e. The molecule has 5 nitrogen and oxygen atoms in total. The van der Waals surface area contributed by atoms with Crippen molar-refractivity contribution in [2.45, 2.75) is 25.4 Å². The van der Waals surface area contributed by atoms with Gasteiger partial charge in [0.05, 0.1) is 0 Å². The largest absolute Gasteiger partial charge is 0.485 e. The Balaban J connectivity index is 1.68. The molecule has 19 heavy (non-hydrogen) atoms. The van der Waals surface area contributed by atoms with E-state index in [1.165, 1.54) is 19.3 Å². The molecule has 5 heteroatoms. The molecule has 0 aromatic heterocycles. The van der Waals surface area contributed by atoms with Crippen LogP contribution >= 0.6 is 0 Å². The molecule has 102 valence electrons. The van der Waals surface area contributed by atoms with Gasteiger partial charge < -0.3 is 15.2 Å². The van der Waals surface area contributed by atoms with Gasteiger partial charge >= 0.3 is 0 Å². The van der Waals surface area contributed by atoms with Crippen LogP contribution in [0.4, 0.5) is 0 Å². The first-order valence-electron chi connectivity index (χ1n) is 6.80. The summed E-state index contributed by atoms with van der Waals surface area (Å²) in [4.78, 5) is 0. The lowest BCUT2D eigenvalue weighted by atomic mass is 10.2. The number of hydrazone groups is 1. The monoisotopic (exact) mass is 261 g/mol. The molecule has 3 rings (SSSR count). The molecule has 0 aliphatic carbocycles. The zero-order valence-electron chi connectivity index (χ0n) is 10.9. The standard InChI is InChI=1S/C14H19N3O2/c15-14(16-17-8-4-1-5-9-17)13-10-18-11-6-2-3-7-12(11)19-13/h2-3,6-7,13H,1,4-5,8-10H2,(H2,15,16)/t13-/m0/s1. The van der Waals surface area contributed by atoms with Crippen LogP contribution in [0.15, 0.2) is 29.4 Å². The molecular weight excluding hydrogens is 242 g/mol. The number of rotatable bonds is 2. The van der Waals surface area contributed by atoms with Crippen molar-refractivity contribution in [2.75, 3.05) is 19.7 Å². The van der Waals surface area contributed by atoms with Gasteiger partial charge in [0.15, 0.2) is 23.4 Å². The Bertz CT molecular complexity index is 470. The van der Waals surface area contributed by atoms with Gasteiger partial charge in [0, 0.05) is 13.1 Å². The summed E-state index contributed by atoms with van der Waals surface area (Å²) >= 11 is 0. The third-order valence-corrected chi connectivity index (χ3v) is 3.43. The highest BCUT2D eigenvalue weighted by atomic mass is 16.6. The van der Waals surface area contributed by atoms with E-state index in [1.807, 2.05) is 29.3 Å². The fourth-order valence-corrected chi connectivity index (χ4v) is 2.37. The molecule has 0 radical (unpaired) electrons. The van der Waals surface area contributed by atoms with Crippen LogP contribution in [-0.4, -0.2) is 36.6 Å². The minimum atomic E-state index is -0.295. The summed E-state index contributed by atoms with van der Waals surface area (Å²) in [6.07, 6.45) is 3.35. The van der Waals surface area contributed by atoms with Gasteiger partial charge in [0.2, 0.25) is 0 Å². The maximum Gasteiger partial charge on any atom is 0.191 e. The molecule has 0 saturated carbocycles. The van der Waals surface area contributed by atoms with E-state index in [2.05, 4.69) is 5.10 Å². The Kier molecular flexibility index (Phi) is 3.44. The average Bonchev–Trinajstić information content (AvgIpc) is 2.48. The Morgan fingerprint density at radius 3 is 2.68 bits per heavy atom. The molecule has 1 atom stereocenters. The molecule has 2 N–H and O–H groups in total. The molecule has 0 unspecified atom stereocenters. The van der Waals surface area contributed by atoms with E-state index in [4.69, 9.17) is 15.2 Å². The second-order valence-electron chi connectivity index (χ2n) is 4.90. The lowest BCUT2D eigenvalue weighted by Crippen LogP contribution is -2.43. The van der Waals surface area contributed by atoms with Crippen molar-refractivity contribution >= 4 is 5.84 Å². The van der Waals surface area contributed by atoms with Gasteiger partial charge in [-0.2, -0.15) is 5.10 Å². The van der Waals surface area contributed by atoms with Gasteiger partial charge in [-0.15, -0.1) is 0 Å². The normalized spacial score (nSPS) is 23.3. The highest BCUT2D eigenvalue weighted by Crippen LogP contribution is 2.30. The van der Waals surface area contributed by atoms with E-state index in [1.54, 1.807) is 0 Å². The summed E-state index contributed by atoms with van der Waals surface area (Å²) in [7, 11) is 0. The average molecular weight is 261 g/mol. The summed E-state index contributed by atoms with van der Waals surface area (Å²) in [5, 5.41) is 6.49. The maximum absolute atomic E-state index is 6.04. The zero-order chi connectivity index (χ0) is 13.1. The first-order chi connectivity index (χ1) is 9.33. The van der Waals surface area contributed by atoms with Gasteiger partial charge in [-0.1, -0.05) is 12.1 Å². The van der Waals surface area contributed by atoms with Crippen LogP contribution in [0.3, 0.4) is 0 Å². The van der Waals surface area contributed by atoms with Gasteiger partial charge in [0.1, 0.15) is 6.61 Å². The quantitative estimate of drug-likeness (QED) is 0.648. The predicted octanol–water partition coefficient (Wildman–Crippen LogP) is 1.58. The number of nitrogens with two attached hydrogens (primary N) is 1. The number of ether oxygens (including phenoxy) is 2. The van der Waals surface area contributed by atoms with Crippen LogP contribution in [0, 0.1) is 0 Å². The first-order valence-corrected chi connectivity index (χ1v) is 6.80. The Morgan fingerprint density at radius 2 is 1.89 bits per heavy atom. The number of piperidine rings is 1. The second kappa shape index (κ2) is 5.38. The maximum atomic E-state index is 6.04.